The Hall–Kier alpha value is -2.14. The third-order valence-electron chi connectivity index (χ3n) is 4.47. The van der Waals surface area contributed by atoms with E-state index in [2.05, 4.69) is 17.6 Å². The minimum Gasteiger partial charge on any atom is -0.355 e. The first-order valence-corrected chi connectivity index (χ1v) is 9.06. The molecule has 1 heterocycles. The van der Waals surface area contributed by atoms with E-state index in [-0.39, 0.29) is 11.8 Å². The number of aryl methyl sites for hydroxylation is 1. The highest BCUT2D eigenvalue weighted by Crippen LogP contribution is 2.39. The minimum atomic E-state index is -0.171. The van der Waals surface area contributed by atoms with Crippen molar-refractivity contribution in [3.05, 3.63) is 51.4 Å². The van der Waals surface area contributed by atoms with E-state index in [9.17, 15) is 9.59 Å². The average Bonchev–Trinajstić information content (AvgIpc) is 2.90. The molecule has 1 aromatic carbocycles. The molecule has 4 nitrogen and oxygen atoms in total. The van der Waals surface area contributed by atoms with Gasteiger partial charge in [-0.25, -0.2) is 0 Å². The van der Waals surface area contributed by atoms with E-state index in [4.69, 9.17) is 0 Å². The molecule has 0 bridgehead atoms. The van der Waals surface area contributed by atoms with Crippen LogP contribution in [0.15, 0.2) is 24.3 Å². The number of anilines is 1. The molecule has 1 aliphatic carbocycles. The maximum Gasteiger partial charge on any atom is 0.256 e. The predicted molar refractivity (Wildman–Crippen MR) is 98.0 cm³/mol. The summed E-state index contributed by atoms with van der Waals surface area (Å²) < 4.78 is 0. The molecule has 2 aromatic rings. The van der Waals surface area contributed by atoms with E-state index in [1.807, 2.05) is 25.1 Å². The van der Waals surface area contributed by atoms with Gasteiger partial charge < -0.3 is 10.6 Å². The molecule has 2 amide bonds. The summed E-state index contributed by atoms with van der Waals surface area (Å²) in [7, 11) is 1.63. The fourth-order valence-electron chi connectivity index (χ4n) is 3.17. The number of amides is 2. The zero-order valence-electron chi connectivity index (χ0n) is 14.2. The van der Waals surface area contributed by atoms with Crippen LogP contribution >= 0.6 is 11.3 Å². The van der Waals surface area contributed by atoms with Gasteiger partial charge in [0.15, 0.2) is 0 Å². The predicted octanol–water partition coefficient (Wildman–Crippen LogP) is 3.79. The molecule has 0 saturated carbocycles. The van der Waals surface area contributed by atoms with Crippen LogP contribution in [0.4, 0.5) is 5.00 Å². The molecule has 0 aliphatic heterocycles. The van der Waals surface area contributed by atoms with Crippen molar-refractivity contribution >= 4 is 28.2 Å². The highest BCUT2D eigenvalue weighted by molar-refractivity contribution is 7.17. The van der Waals surface area contributed by atoms with Crippen molar-refractivity contribution in [3.63, 3.8) is 0 Å². The Balaban J connectivity index is 1.95. The molecule has 0 radical (unpaired) electrons. The molecular weight excluding hydrogens is 320 g/mol. The lowest BCUT2D eigenvalue weighted by atomic mass is 9.88. The van der Waals surface area contributed by atoms with Crippen LogP contribution < -0.4 is 10.6 Å². The van der Waals surface area contributed by atoms with Gasteiger partial charge in [0.25, 0.3) is 11.8 Å². The number of thiophene rings is 1. The Morgan fingerprint density at radius 3 is 2.75 bits per heavy atom. The number of carbonyl (C=O) groups is 2. The molecule has 0 fully saturated rings. The maximum absolute atomic E-state index is 12.6. The number of nitrogens with one attached hydrogen (secondary N) is 2. The van der Waals surface area contributed by atoms with Crippen LogP contribution in [0.2, 0.25) is 0 Å². The maximum atomic E-state index is 12.6. The van der Waals surface area contributed by atoms with Gasteiger partial charge in [-0.05, 0) is 49.8 Å². The largest absolute Gasteiger partial charge is 0.355 e. The van der Waals surface area contributed by atoms with E-state index < -0.39 is 0 Å². The Labute approximate surface area is 146 Å². The van der Waals surface area contributed by atoms with Gasteiger partial charge in [-0.15, -0.1) is 11.3 Å². The number of carbonyl (C=O) groups excluding carboxylic acids is 2. The molecule has 1 atom stereocenters. The van der Waals surface area contributed by atoms with Gasteiger partial charge >= 0.3 is 0 Å². The zero-order valence-corrected chi connectivity index (χ0v) is 15.0. The van der Waals surface area contributed by atoms with E-state index in [0.29, 0.717) is 22.0 Å². The molecular formula is C19H22N2O2S. The summed E-state index contributed by atoms with van der Waals surface area (Å²) in [6.45, 7) is 4.19. The summed E-state index contributed by atoms with van der Waals surface area (Å²) in [6.07, 6.45) is 2.96. The van der Waals surface area contributed by atoms with Crippen LogP contribution in [0.5, 0.6) is 0 Å². The summed E-state index contributed by atoms with van der Waals surface area (Å²) in [5, 5.41) is 6.33. The van der Waals surface area contributed by atoms with Crippen LogP contribution in [0.1, 0.15) is 50.1 Å². The SMILES string of the molecule is CNC(=O)c1c(NC(=O)c2cccc(C)c2)sc2c1CC[C@@H](C)C2. The summed E-state index contributed by atoms with van der Waals surface area (Å²) in [4.78, 5) is 26.2. The monoisotopic (exact) mass is 342 g/mol. The van der Waals surface area contributed by atoms with Gasteiger partial charge in [-0.2, -0.15) is 0 Å². The van der Waals surface area contributed by atoms with Crippen molar-refractivity contribution < 1.29 is 9.59 Å². The fraction of sp³-hybridized carbons (Fsp3) is 0.368. The summed E-state index contributed by atoms with van der Waals surface area (Å²) in [5.41, 5.74) is 3.40. The molecule has 24 heavy (non-hydrogen) atoms. The van der Waals surface area contributed by atoms with Crippen LogP contribution in [0.3, 0.4) is 0 Å². The smallest absolute Gasteiger partial charge is 0.256 e. The average molecular weight is 342 g/mol. The molecule has 2 N–H and O–H groups in total. The lowest BCUT2D eigenvalue weighted by Crippen LogP contribution is -2.22. The Kier molecular flexibility index (Phi) is 4.71. The summed E-state index contributed by atoms with van der Waals surface area (Å²) in [6, 6.07) is 7.46. The Morgan fingerprint density at radius 2 is 2.04 bits per heavy atom. The van der Waals surface area contributed by atoms with Crippen molar-refractivity contribution in [2.75, 3.05) is 12.4 Å². The van der Waals surface area contributed by atoms with Crippen LogP contribution in [0, 0.1) is 12.8 Å². The van der Waals surface area contributed by atoms with E-state index in [1.165, 1.54) is 4.88 Å². The summed E-state index contributed by atoms with van der Waals surface area (Å²) in [5.74, 6) is 0.325. The van der Waals surface area contributed by atoms with Gasteiger partial charge in [-0.3, -0.25) is 9.59 Å². The molecule has 0 spiro atoms. The van der Waals surface area contributed by atoms with Crippen molar-refractivity contribution in [1.82, 2.24) is 5.32 Å². The molecule has 1 aromatic heterocycles. The number of hydrogen-bond donors (Lipinski definition) is 2. The number of rotatable bonds is 3. The van der Waals surface area contributed by atoms with Gasteiger partial charge in [0.2, 0.25) is 0 Å². The van der Waals surface area contributed by atoms with E-state index in [0.717, 1.165) is 30.4 Å². The third kappa shape index (κ3) is 3.22. The van der Waals surface area contributed by atoms with Gasteiger partial charge in [0.05, 0.1) is 5.56 Å². The van der Waals surface area contributed by atoms with Gasteiger partial charge in [0.1, 0.15) is 5.00 Å². The zero-order chi connectivity index (χ0) is 17.3. The fourth-order valence-corrected chi connectivity index (χ4v) is 4.57. The lowest BCUT2D eigenvalue weighted by Gasteiger charge is -2.18. The van der Waals surface area contributed by atoms with Gasteiger partial charge in [-0.1, -0.05) is 24.6 Å². The molecule has 0 saturated heterocycles. The first-order chi connectivity index (χ1) is 11.5. The van der Waals surface area contributed by atoms with Crippen LogP contribution in [-0.4, -0.2) is 18.9 Å². The molecule has 5 heteroatoms. The standard InChI is InChI=1S/C19H22N2O2S/c1-11-5-4-6-13(9-11)17(22)21-19-16(18(23)20-3)14-8-7-12(2)10-15(14)24-19/h4-6,9,12H,7-8,10H2,1-3H3,(H,20,23)(H,21,22)/t12-/m1/s1. The van der Waals surface area contributed by atoms with E-state index in [1.54, 1.807) is 24.5 Å². The first kappa shape index (κ1) is 16.7. The second kappa shape index (κ2) is 6.77. The van der Waals surface area contributed by atoms with Crippen molar-refractivity contribution in [1.29, 1.82) is 0 Å². The normalized spacial score (nSPS) is 16.4. The molecule has 0 unspecified atom stereocenters. The Morgan fingerprint density at radius 1 is 1.25 bits per heavy atom. The highest BCUT2D eigenvalue weighted by atomic mass is 32.1. The third-order valence-corrected chi connectivity index (χ3v) is 5.64. The number of fused-ring (bicyclic) bond motifs is 1. The van der Waals surface area contributed by atoms with Crippen LogP contribution in [0.25, 0.3) is 0 Å². The molecule has 126 valence electrons. The molecule has 3 rings (SSSR count). The van der Waals surface area contributed by atoms with Crippen molar-refractivity contribution in [2.24, 2.45) is 5.92 Å². The number of benzene rings is 1. The summed E-state index contributed by atoms with van der Waals surface area (Å²) >= 11 is 1.54. The minimum absolute atomic E-state index is 0.124. The second-order valence-corrected chi connectivity index (χ2v) is 7.56. The lowest BCUT2D eigenvalue weighted by molar-refractivity contribution is 0.0963. The van der Waals surface area contributed by atoms with Crippen molar-refractivity contribution in [2.45, 2.75) is 33.1 Å². The number of hydrogen-bond acceptors (Lipinski definition) is 3. The highest BCUT2D eigenvalue weighted by Gasteiger charge is 2.28. The van der Waals surface area contributed by atoms with E-state index >= 15 is 0 Å². The van der Waals surface area contributed by atoms with Crippen LogP contribution in [-0.2, 0) is 12.8 Å². The quantitative estimate of drug-likeness (QED) is 0.891. The van der Waals surface area contributed by atoms with Crippen molar-refractivity contribution in [3.8, 4) is 0 Å². The first-order valence-electron chi connectivity index (χ1n) is 8.24. The topological polar surface area (TPSA) is 58.2 Å². The molecule has 1 aliphatic rings. The second-order valence-electron chi connectivity index (χ2n) is 6.46. The Bertz CT molecular complexity index is 795. The van der Waals surface area contributed by atoms with Gasteiger partial charge in [0, 0.05) is 17.5 Å².